The van der Waals surface area contributed by atoms with Gasteiger partial charge in [-0.05, 0) is 18.9 Å². The standard InChI is InChI=1S/C14H17F2NO/c15-11-4-5-12(13(16)10-11)14(18)6-9-17-7-2-1-3-8-17/h1-2,4-5,10,14,18H,3,6-9H2. The molecule has 0 aliphatic carbocycles. The molecule has 1 N–H and O–H groups in total. The number of rotatable bonds is 4. The molecule has 18 heavy (non-hydrogen) atoms. The highest BCUT2D eigenvalue weighted by Crippen LogP contribution is 2.21. The Hall–Kier alpha value is -1.26. The van der Waals surface area contributed by atoms with Crippen LogP contribution in [0.5, 0.6) is 0 Å². The van der Waals surface area contributed by atoms with Crippen molar-refractivity contribution in [2.45, 2.75) is 18.9 Å². The quantitative estimate of drug-likeness (QED) is 0.834. The van der Waals surface area contributed by atoms with Gasteiger partial charge in [0.05, 0.1) is 6.10 Å². The van der Waals surface area contributed by atoms with Crippen molar-refractivity contribution in [2.24, 2.45) is 0 Å². The molecule has 0 amide bonds. The molecule has 0 saturated carbocycles. The fraction of sp³-hybridized carbons (Fsp3) is 0.429. The van der Waals surface area contributed by atoms with Crippen LogP contribution in [0.15, 0.2) is 30.4 Å². The molecule has 1 unspecified atom stereocenters. The maximum Gasteiger partial charge on any atom is 0.131 e. The van der Waals surface area contributed by atoms with Gasteiger partial charge < -0.3 is 5.11 Å². The number of halogens is 2. The summed E-state index contributed by atoms with van der Waals surface area (Å²) in [5, 5.41) is 9.92. The number of nitrogens with zero attached hydrogens (tertiary/aromatic N) is 1. The second-order valence-corrected chi connectivity index (χ2v) is 4.53. The van der Waals surface area contributed by atoms with E-state index in [1.165, 1.54) is 12.1 Å². The van der Waals surface area contributed by atoms with Crippen molar-refractivity contribution in [1.82, 2.24) is 4.90 Å². The van der Waals surface area contributed by atoms with E-state index in [1.54, 1.807) is 0 Å². The Bertz CT molecular complexity index is 434. The minimum atomic E-state index is -0.878. The van der Waals surface area contributed by atoms with Gasteiger partial charge in [-0.1, -0.05) is 18.2 Å². The van der Waals surface area contributed by atoms with Gasteiger partial charge in [0.1, 0.15) is 11.6 Å². The topological polar surface area (TPSA) is 23.5 Å². The molecule has 0 radical (unpaired) electrons. The molecule has 98 valence electrons. The van der Waals surface area contributed by atoms with E-state index in [2.05, 4.69) is 17.1 Å². The zero-order valence-electron chi connectivity index (χ0n) is 10.1. The van der Waals surface area contributed by atoms with Gasteiger partial charge in [0.25, 0.3) is 0 Å². The van der Waals surface area contributed by atoms with Gasteiger partial charge in [-0.15, -0.1) is 0 Å². The summed E-state index contributed by atoms with van der Waals surface area (Å²) in [6, 6.07) is 3.29. The van der Waals surface area contributed by atoms with Crippen molar-refractivity contribution in [1.29, 1.82) is 0 Å². The normalized spacial score (nSPS) is 17.9. The lowest BCUT2D eigenvalue weighted by atomic mass is 10.1. The van der Waals surface area contributed by atoms with Crippen LogP contribution in [0.25, 0.3) is 0 Å². The molecule has 0 saturated heterocycles. The van der Waals surface area contributed by atoms with Crippen LogP contribution < -0.4 is 0 Å². The monoisotopic (exact) mass is 253 g/mol. The molecule has 0 bridgehead atoms. The van der Waals surface area contributed by atoms with E-state index in [-0.39, 0.29) is 5.56 Å². The van der Waals surface area contributed by atoms with E-state index >= 15 is 0 Å². The molecule has 1 aromatic carbocycles. The van der Waals surface area contributed by atoms with Crippen molar-refractivity contribution >= 4 is 0 Å². The van der Waals surface area contributed by atoms with Crippen LogP contribution in [0, 0.1) is 11.6 Å². The molecular weight excluding hydrogens is 236 g/mol. The summed E-state index contributed by atoms with van der Waals surface area (Å²) in [6.07, 6.45) is 4.81. The van der Waals surface area contributed by atoms with Crippen molar-refractivity contribution < 1.29 is 13.9 Å². The lowest BCUT2D eigenvalue weighted by molar-refractivity contribution is 0.141. The van der Waals surface area contributed by atoms with Gasteiger partial charge in [-0.25, -0.2) is 8.78 Å². The zero-order chi connectivity index (χ0) is 13.0. The zero-order valence-corrected chi connectivity index (χ0v) is 10.1. The second-order valence-electron chi connectivity index (χ2n) is 4.53. The molecule has 1 atom stereocenters. The van der Waals surface area contributed by atoms with Crippen molar-refractivity contribution in [2.75, 3.05) is 19.6 Å². The van der Waals surface area contributed by atoms with Gasteiger partial charge in [0.2, 0.25) is 0 Å². The number of aliphatic hydroxyl groups is 1. The van der Waals surface area contributed by atoms with Gasteiger partial charge in [0.15, 0.2) is 0 Å². The Morgan fingerprint density at radius 3 is 2.78 bits per heavy atom. The van der Waals surface area contributed by atoms with Crippen molar-refractivity contribution in [3.8, 4) is 0 Å². The van der Waals surface area contributed by atoms with E-state index in [4.69, 9.17) is 0 Å². The summed E-state index contributed by atoms with van der Waals surface area (Å²) >= 11 is 0. The van der Waals surface area contributed by atoms with E-state index in [0.29, 0.717) is 13.0 Å². The van der Waals surface area contributed by atoms with Gasteiger partial charge >= 0.3 is 0 Å². The molecular formula is C14H17F2NO. The minimum absolute atomic E-state index is 0.170. The predicted molar refractivity (Wildman–Crippen MR) is 66.1 cm³/mol. The largest absolute Gasteiger partial charge is 0.388 e. The first kappa shape index (κ1) is 13.2. The first-order valence-corrected chi connectivity index (χ1v) is 6.17. The highest BCUT2D eigenvalue weighted by atomic mass is 19.1. The third-order valence-corrected chi connectivity index (χ3v) is 3.18. The molecule has 2 nitrogen and oxygen atoms in total. The number of aliphatic hydroxyl groups excluding tert-OH is 1. The van der Waals surface area contributed by atoms with E-state index in [9.17, 15) is 13.9 Å². The summed E-state index contributed by atoms with van der Waals surface area (Å²) in [6.45, 7) is 2.55. The second kappa shape index (κ2) is 6.07. The molecule has 0 fully saturated rings. The molecule has 4 heteroatoms. The predicted octanol–water partition coefficient (Wildman–Crippen LogP) is 2.65. The van der Waals surface area contributed by atoms with Crippen LogP contribution in [-0.4, -0.2) is 29.6 Å². The molecule has 1 aliphatic rings. The number of hydrogen-bond acceptors (Lipinski definition) is 2. The minimum Gasteiger partial charge on any atom is -0.388 e. The summed E-state index contributed by atoms with van der Waals surface area (Å²) in [5.41, 5.74) is 0.170. The molecule has 2 rings (SSSR count). The summed E-state index contributed by atoms with van der Waals surface area (Å²) in [5.74, 6) is -1.30. The van der Waals surface area contributed by atoms with Crippen LogP contribution in [0.2, 0.25) is 0 Å². The SMILES string of the molecule is OC(CCN1CC=CCC1)c1ccc(F)cc1F. The molecule has 1 heterocycles. The highest BCUT2D eigenvalue weighted by Gasteiger charge is 2.15. The maximum absolute atomic E-state index is 13.4. The highest BCUT2D eigenvalue weighted by molar-refractivity contribution is 5.20. The molecule has 0 spiro atoms. The third kappa shape index (κ3) is 3.37. The molecule has 0 aromatic heterocycles. The fourth-order valence-corrected chi connectivity index (χ4v) is 2.13. The lowest BCUT2D eigenvalue weighted by Gasteiger charge is -2.24. The Morgan fingerprint density at radius 2 is 2.11 bits per heavy atom. The van der Waals surface area contributed by atoms with Gasteiger partial charge in [-0.2, -0.15) is 0 Å². The van der Waals surface area contributed by atoms with Gasteiger partial charge in [-0.3, -0.25) is 4.90 Å². The molecule has 1 aliphatic heterocycles. The van der Waals surface area contributed by atoms with Crippen molar-refractivity contribution in [3.05, 3.63) is 47.5 Å². The summed E-state index contributed by atoms with van der Waals surface area (Å²) in [4.78, 5) is 2.20. The first-order chi connectivity index (χ1) is 8.66. The average molecular weight is 253 g/mol. The third-order valence-electron chi connectivity index (χ3n) is 3.18. The van der Waals surface area contributed by atoms with Crippen molar-refractivity contribution in [3.63, 3.8) is 0 Å². The Balaban J connectivity index is 1.90. The Labute approximate surface area is 106 Å². The lowest BCUT2D eigenvalue weighted by Crippen LogP contribution is -2.29. The Kier molecular flexibility index (Phi) is 4.44. The van der Waals surface area contributed by atoms with Gasteiger partial charge in [0, 0.05) is 31.3 Å². The van der Waals surface area contributed by atoms with Crippen LogP contribution in [0.4, 0.5) is 8.78 Å². The van der Waals surface area contributed by atoms with Crippen LogP contribution in [-0.2, 0) is 0 Å². The van der Waals surface area contributed by atoms with Crippen LogP contribution in [0.1, 0.15) is 24.5 Å². The van der Waals surface area contributed by atoms with E-state index in [0.717, 1.165) is 25.6 Å². The fourth-order valence-electron chi connectivity index (χ4n) is 2.13. The van der Waals surface area contributed by atoms with Crippen LogP contribution in [0.3, 0.4) is 0 Å². The first-order valence-electron chi connectivity index (χ1n) is 6.17. The average Bonchev–Trinajstić information content (AvgIpc) is 2.37. The van der Waals surface area contributed by atoms with Crippen LogP contribution >= 0.6 is 0 Å². The van der Waals surface area contributed by atoms with E-state index < -0.39 is 17.7 Å². The molecule has 1 aromatic rings. The smallest absolute Gasteiger partial charge is 0.131 e. The Morgan fingerprint density at radius 1 is 1.28 bits per heavy atom. The summed E-state index contributed by atoms with van der Waals surface area (Å²) < 4.78 is 26.2. The number of benzene rings is 1. The van der Waals surface area contributed by atoms with E-state index in [1.807, 2.05) is 0 Å². The maximum atomic E-state index is 13.4. The number of hydrogen-bond donors (Lipinski definition) is 1. The summed E-state index contributed by atoms with van der Waals surface area (Å²) in [7, 11) is 0.